The van der Waals surface area contributed by atoms with Crippen LogP contribution in [0.25, 0.3) is 0 Å². The number of rotatable bonds is 8. The van der Waals surface area contributed by atoms with E-state index in [2.05, 4.69) is 18.7 Å². The molecule has 1 aliphatic rings. The maximum Gasteiger partial charge on any atom is 0.253 e. The molecular weight excluding hydrogens is 403 g/mol. The van der Waals surface area contributed by atoms with Crippen molar-refractivity contribution in [3.05, 3.63) is 95.7 Å². The van der Waals surface area contributed by atoms with Crippen molar-refractivity contribution in [3.8, 4) is 0 Å². The van der Waals surface area contributed by atoms with Crippen LogP contribution in [0.15, 0.2) is 77.4 Å². The molecule has 0 radical (unpaired) electrons. The Morgan fingerprint density at radius 3 is 2.47 bits per heavy atom. The summed E-state index contributed by atoms with van der Waals surface area (Å²) >= 11 is 0. The zero-order chi connectivity index (χ0) is 22.5. The molecule has 0 aliphatic carbocycles. The number of carbonyl (C=O) groups is 1. The monoisotopic (exact) mass is 434 g/mol. The summed E-state index contributed by atoms with van der Waals surface area (Å²) in [5, 5.41) is 0. The van der Waals surface area contributed by atoms with Crippen LogP contribution < -0.4 is 0 Å². The smallest absolute Gasteiger partial charge is 0.253 e. The average Bonchev–Trinajstić information content (AvgIpc) is 3.44. The lowest BCUT2D eigenvalue weighted by Gasteiger charge is -2.30. The van der Waals surface area contributed by atoms with Gasteiger partial charge in [-0.1, -0.05) is 44.2 Å². The normalized spacial score (nSPS) is 18.9. The molecule has 0 N–H and O–H groups in total. The number of amides is 1. The fraction of sp³-hybridized carbons (Fsp3) is 0.370. The highest BCUT2D eigenvalue weighted by Gasteiger charge is 2.36. The van der Waals surface area contributed by atoms with Gasteiger partial charge in [-0.15, -0.1) is 0 Å². The van der Waals surface area contributed by atoms with E-state index in [-0.39, 0.29) is 23.6 Å². The summed E-state index contributed by atoms with van der Waals surface area (Å²) in [7, 11) is 0. The Labute approximate surface area is 189 Å². The van der Waals surface area contributed by atoms with Gasteiger partial charge >= 0.3 is 0 Å². The molecule has 1 saturated heterocycles. The Hall–Kier alpha value is -2.92. The van der Waals surface area contributed by atoms with Gasteiger partial charge in [-0.05, 0) is 53.8 Å². The Kier molecular flexibility index (Phi) is 7.05. The molecule has 4 rings (SSSR count). The van der Waals surface area contributed by atoms with Gasteiger partial charge in [-0.2, -0.15) is 0 Å². The molecule has 1 amide bonds. The quantitative estimate of drug-likeness (QED) is 0.474. The number of halogens is 1. The van der Waals surface area contributed by atoms with Gasteiger partial charge in [0.05, 0.1) is 12.8 Å². The predicted molar refractivity (Wildman–Crippen MR) is 124 cm³/mol. The van der Waals surface area contributed by atoms with Crippen LogP contribution in [0.3, 0.4) is 0 Å². The molecule has 0 saturated carbocycles. The van der Waals surface area contributed by atoms with Crippen LogP contribution in [0, 0.1) is 17.7 Å². The van der Waals surface area contributed by atoms with Crippen molar-refractivity contribution in [3.63, 3.8) is 0 Å². The Bertz CT molecular complexity index is 986. The zero-order valence-corrected chi connectivity index (χ0v) is 18.8. The van der Waals surface area contributed by atoms with E-state index in [9.17, 15) is 9.18 Å². The molecule has 2 atom stereocenters. The first-order valence-corrected chi connectivity index (χ1v) is 11.3. The van der Waals surface area contributed by atoms with Crippen LogP contribution in [-0.2, 0) is 6.54 Å². The van der Waals surface area contributed by atoms with E-state index >= 15 is 0 Å². The van der Waals surface area contributed by atoms with Crippen LogP contribution in [-0.4, -0.2) is 41.9 Å². The fourth-order valence-corrected chi connectivity index (χ4v) is 4.71. The van der Waals surface area contributed by atoms with Crippen molar-refractivity contribution in [2.75, 3.05) is 26.2 Å². The fourth-order valence-electron chi connectivity index (χ4n) is 4.71. The highest BCUT2D eigenvalue weighted by molar-refractivity contribution is 5.94. The summed E-state index contributed by atoms with van der Waals surface area (Å²) in [5.41, 5.74) is 1.84. The van der Waals surface area contributed by atoms with E-state index < -0.39 is 0 Å². The second-order valence-electron chi connectivity index (χ2n) is 9.16. The first kappa shape index (κ1) is 22.3. The lowest BCUT2D eigenvalue weighted by Crippen LogP contribution is -2.39. The summed E-state index contributed by atoms with van der Waals surface area (Å²) in [4.78, 5) is 17.7. The van der Waals surface area contributed by atoms with Gasteiger partial charge in [0.25, 0.3) is 5.91 Å². The molecule has 1 aliphatic heterocycles. The van der Waals surface area contributed by atoms with Crippen LogP contribution in [0.1, 0.15) is 41.4 Å². The number of furan rings is 1. The van der Waals surface area contributed by atoms with Gasteiger partial charge in [-0.3, -0.25) is 9.69 Å². The van der Waals surface area contributed by atoms with Crippen molar-refractivity contribution in [1.29, 1.82) is 0 Å². The molecule has 4 nitrogen and oxygen atoms in total. The van der Waals surface area contributed by atoms with Gasteiger partial charge in [0.2, 0.25) is 0 Å². The Morgan fingerprint density at radius 1 is 1.06 bits per heavy atom. The summed E-state index contributed by atoms with van der Waals surface area (Å²) in [5.74, 6) is 1.62. The summed E-state index contributed by atoms with van der Waals surface area (Å²) in [6.07, 6.45) is 1.70. The number of hydrogen-bond donors (Lipinski definition) is 0. The van der Waals surface area contributed by atoms with E-state index in [4.69, 9.17) is 4.42 Å². The highest BCUT2D eigenvalue weighted by Crippen LogP contribution is 2.34. The maximum atomic E-state index is 13.6. The summed E-state index contributed by atoms with van der Waals surface area (Å²) in [6.45, 7) is 8.10. The molecule has 2 aromatic carbocycles. The molecule has 0 unspecified atom stereocenters. The molecule has 0 bridgehead atoms. The van der Waals surface area contributed by atoms with E-state index in [1.165, 1.54) is 12.1 Å². The maximum absolute atomic E-state index is 13.6. The molecule has 3 aromatic rings. The SMILES string of the molecule is CC(C)CN(C[C@@H]1CN(Cc2ccco2)C[C@@H]1c1ccc(F)cc1)C(=O)c1ccccc1. The molecule has 0 spiro atoms. The van der Waals surface area contributed by atoms with Crippen molar-refractivity contribution in [2.24, 2.45) is 11.8 Å². The lowest BCUT2D eigenvalue weighted by atomic mass is 9.88. The number of nitrogens with zero attached hydrogens (tertiary/aromatic N) is 2. The Balaban J connectivity index is 1.57. The van der Waals surface area contributed by atoms with Gasteiger partial charge in [0.1, 0.15) is 11.6 Å². The second-order valence-corrected chi connectivity index (χ2v) is 9.16. The van der Waals surface area contributed by atoms with Crippen LogP contribution in [0.4, 0.5) is 4.39 Å². The topological polar surface area (TPSA) is 36.7 Å². The van der Waals surface area contributed by atoms with Gasteiger partial charge in [-0.25, -0.2) is 4.39 Å². The van der Waals surface area contributed by atoms with Crippen LogP contribution in [0.2, 0.25) is 0 Å². The van der Waals surface area contributed by atoms with E-state index in [1.807, 2.05) is 59.5 Å². The first-order chi connectivity index (χ1) is 15.5. The molecular formula is C27H31FN2O2. The third kappa shape index (κ3) is 5.46. The number of benzene rings is 2. The number of carbonyl (C=O) groups excluding carboxylic acids is 1. The summed E-state index contributed by atoms with van der Waals surface area (Å²) < 4.78 is 19.1. The summed E-state index contributed by atoms with van der Waals surface area (Å²) in [6, 6.07) is 20.2. The standard InChI is InChI=1S/C27H31FN2O2/c1-20(2)15-30(27(31)22-7-4-3-5-8-22)17-23-16-29(18-25-9-6-14-32-25)19-26(23)21-10-12-24(28)13-11-21/h3-14,20,23,26H,15-19H2,1-2H3/t23-,26+/m0/s1. The zero-order valence-electron chi connectivity index (χ0n) is 18.8. The predicted octanol–water partition coefficient (Wildman–Crippen LogP) is 5.43. The number of likely N-dealkylation sites (tertiary alicyclic amines) is 1. The highest BCUT2D eigenvalue weighted by atomic mass is 19.1. The van der Waals surface area contributed by atoms with Crippen molar-refractivity contribution in [1.82, 2.24) is 9.80 Å². The first-order valence-electron chi connectivity index (χ1n) is 11.3. The molecule has 5 heteroatoms. The molecule has 168 valence electrons. The van der Waals surface area contributed by atoms with E-state index in [0.717, 1.165) is 36.5 Å². The molecule has 32 heavy (non-hydrogen) atoms. The van der Waals surface area contributed by atoms with E-state index in [1.54, 1.807) is 6.26 Å². The van der Waals surface area contributed by atoms with Crippen LogP contribution in [0.5, 0.6) is 0 Å². The average molecular weight is 435 g/mol. The van der Waals surface area contributed by atoms with Gasteiger partial charge in [0, 0.05) is 37.7 Å². The van der Waals surface area contributed by atoms with Crippen molar-refractivity contribution >= 4 is 5.91 Å². The van der Waals surface area contributed by atoms with E-state index in [0.29, 0.717) is 19.0 Å². The van der Waals surface area contributed by atoms with Gasteiger partial charge < -0.3 is 9.32 Å². The molecule has 2 heterocycles. The van der Waals surface area contributed by atoms with Crippen molar-refractivity contribution < 1.29 is 13.6 Å². The van der Waals surface area contributed by atoms with Crippen LogP contribution >= 0.6 is 0 Å². The third-order valence-electron chi connectivity index (χ3n) is 6.12. The second kappa shape index (κ2) is 10.1. The van der Waals surface area contributed by atoms with Gasteiger partial charge in [0.15, 0.2) is 0 Å². The minimum atomic E-state index is -0.226. The number of hydrogen-bond acceptors (Lipinski definition) is 3. The lowest BCUT2D eigenvalue weighted by molar-refractivity contribution is 0.0703. The third-order valence-corrected chi connectivity index (χ3v) is 6.12. The largest absolute Gasteiger partial charge is 0.468 e. The minimum Gasteiger partial charge on any atom is -0.468 e. The van der Waals surface area contributed by atoms with Crippen molar-refractivity contribution in [2.45, 2.75) is 26.3 Å². The molecule has 1 aromatic heterocycles. The molecule has 1 fully saturated rings. The Morgan fingerprint density at radius 2 is 1.81 bits per heavy atom. The minimum absolute atomic E-state index is 0.0710.